The SMILES string of the molecule is C=C/C=C\C=C\C1(NC(=O)c2cc3c([nH]2)=C(F)C=CC(C)C=3)COC1. The van der Waals surface area contributed by atoms with Crippen LogP contribution in [0, 0.1) is 5.92 Å². The Bertz CT molecular complexity index is 885. The number of aromatic amines is 1. The first-order valence-corrected chi connectivity index (χ1v) is 8.19. The number of carbonyl (C=O) groups excluding carboxylic acids is 1. The Labute approximate surface area is 145 Å². The van der Waals surface area contributed by atoms with Gasteiger partial charge < -0.3 is 15.0 Å². The van der Waals surface area contributed by atoms with Gasteiger partial charge in [-0.05, 0) is 23.3 Å². The summed E-state index contributed by atoms with van der Waals surface area (Å²) < 4.78 is 19.4. The van der Waals surface area contributed by atoms with Crippen molar-refractivity contribution < 1.29 is 13.9 Å². The summed E-state index contributed by atoms with van der Waals surface area (Å²) in [6.07, 6.45) is 14.2. The summed E-state index contributed by atoms with van der Waals surface area (Å²) in [6.45, 7) is 6.39. The molecule has 5 heteroatoms. The molecule has 3 rings (SSSR count). The number of hydrogen-bond acceptors (Lipinski definition) is 2. The number of ether oxygens (including phenoxy) is 1. The maximum atomic E-state index is 14.1. The fourth-order valence-electron chi connectivity index (χ4n) is 2.79. The summed E-state index contributed by atoms with van der Waals surface area (Å²) in [5.74, 6) is -0.554. The van der Waals surface area contributed by atoms with Gasteiger partial charge in [-0.1, -0.05) is 56.0 Å². The van der Waals surface area contributed by atoms with Crippen molar-refractivity contribution in [1.82, 2.24) is 10.3 Å². The van der Waals surface area contributed by atoms with E-state index in [-0.39, 0.29) is 17.7 Å². The van der Waals surface area contributed by atoms with Gasteiger partial charge in [0.05, 0.1) is 18.6 Å². The van der Waals surface area contributed by atoms with Crippen LogP contribution in [0.5, 0.6) is 0 Å². The van der Waals surface area contributed by atoms with Gasteiger partial charge >= 0.3 is 0 Å². The van der Waals surface area contributed by atoms with Crippen LogP contribution in [-0.4, -0.2) is 29.6 Å². The lowest BCUT2D eigenvalue weighted by Crippen LogP contribution is -2.60. The molecule has 4 nitrogen and oxygen atoms in total. The molecule has 1 aliphatic heterocycles. The first-order valence-electron chi connectivity index (χ1n) is 8.19. The molecule has 1 unspecified atom stereocenters. The number of rotatable bonds is 5. The minimum Gasteiger partial charge on any atom is -0.376 e. The Morgan fingerprint density at radius 3 is 2.92 bits per heavy atom. The molecule has 130 valence electrons. The van der Waals surface area contributed by atoms with E-state index in [9.17, 15) is 9.18 Å². The fourth-order valence-corrected chi connectivity index (χ4v) is 2.79. The third-order valence-corrected chi connectivity index (χ3v) is 4.18. The van der Waals surface area contributed by atoms with Gasteiger partial charge in [0.15, 0.2) is 0 Å². The molecule has 0 bridgehead atoms. The van der Waals surface area contributed by atoms with Gasteiger partial charge in [0, 0.05) is 0 Å². The van der Waals surface area contributed by atoms with E-state index in [1.165, 1.54) is 6.08 Å². The van der Waals surface area contributed by atoms with Gasteiger partial charge in [-0.15, -0.1) is 0 Å². The standard InChI is InChI=1S/C20H21FN2O2/c1-3-4-5-6-9-20(12-25-13-20)23-19(24)17-11-15-10-14(2)7-8-16(21)18(15)22-17/h3-11,14,22H,1,12-13H2,2H3,(H,23,24)/b5-4-,9-6+. The molecule has 1 saturated heterocycles. The van der Waals surface area contributed by atoms with Crippen LogP contribution in [0.1, 0.15) is 17.4 Å². The van der Waals surface area contributed by atoms with Crippen molar-refractivity contribution in [3.05, 3.63) is 71.4 Å². The van der Waals surface area contributed by atoms with Gasteiger partial charge in [-0.3, -0.25) is 4.79 Å². The molecule has 1 amide bonds. The number of H-pyrrole nitrogens is 1. The molecule has 0 saturated carbocycles. The van der Waals surface area contributed by atoms with E-state index >= 15 is 0 Å². The highest BCUT2D eigenvalue weighted by Crippen LogP contribution is 2.19. The minimum absolute atomic E-state index is 0.102. The maximum Gasteiger partial charge on any atom is 0.268 e. The Morgan fingerprint density at radius 1 is 1.44 bits per heavy atom. The number of aromatic nitrogens is 1. The van der Waals surface area contributed by atoms with Crippen LogP contribution in [0.15, 0.2) is 55.2 Å². The lowest BCUT2D eigenvalue weighted by atomic mass is 9.96. The molecule has 1 aliphatic carbocycles. The predicted octanol–water partition coefficient (Wildman–Crippen LogP) is 1.88. The van der Waals surface area contributed by atoms with Crippen molar-refractivity contribution >= 4 is 17.8 Å². The topological polar surface area (TPSA) is 54.1 Å². The second kappa shape index (κ2) is 7.07. The molecule has 25 heavy (non-hydrogen) atoms. The van der Waals surface area contributed by atoms with E-state index in [2.05, 4.69) is 16.9 Å². The maximum absolute atomic E-state index is 14.1. The number of amides is 1. The lowest BCUT2D eigenvalue weighted by Gasteiger charge is -2.39. The van der Waals surface area contributed by atoms with Crippen LogP contribution in [0.25, 0.3) is 11.9 Å². The van der Waals surface area contributed by atoms with E-state index in [1.54, 1.807) is 24.3 Å². The van der Waals surface area contributed by atoms with Crippen molar-refractivity contribution in [2.24, 2.45) is 5.92 Å². The largest absolute Gasteiger partial charge is 0.376 e. The molecular weight excluding hydrogens is 319 g/mol. The van der Waals surface area contributed by atoms with Crippen molar-refractivity contribution in [2.75, 3.05) is 13.2 Å². The van der Waals surface area contributed by atoms with Crippen molar-refractivity contribution in [2.45, 2.75) is 12.5 Å². The number of halogens is 1. The molecule has 0 radical (unpaired) electrons. The molecule has 2 N–H and O–H groups in total. The van der Waals surface area contributed by atoms with Crippen LogP contribution in [0.4, 0.5) is 4.39 Å². The molecule has 1 fully saturated rings. The van der Waals surface area contributed by atoms with Gasteiger partial charge in [0.1, 0.15) is 17.1 Å². The Kier molecular flexibility index (Phi) is 4.86. The highest BCUT2D eigenvalue weighted by molar-refractivity contribution is 5.93. The average molecular weight is 340 g/mol. The summed E-state index contributed by atoms with van der Waals surface area (Å²) in [6, 6.07) is 1.68. The second-order valence-electron chi connectivity index (χ2n) is 6.33. The van der Waals surface area contributed by atoms with Crippen LogP contribution in [0.2, 0.25) is 0 Å². The molecule has 2 aliphatic rings. The zero-order valence-electron chi connectivity index (χ0n) is 14.1. The Hall–Kier alpha value is -2.66. The van der Waals surface area contributed by atoms with E-state index in [0.717, 1.165) is 0 Å². The van der Waals surface area contributed by atoms with Crippen LogP contribution < -0.4 is 15.9 Å². The Morgan fingerprint density at radius 2 is 2.24 bits per heavy atom. The van der Waals surface area contributed by atoms with Crippen LogP contribution in [-0.2, 0) is 4.74 Å². The molecule has 0 spiro atoms. The number of carbonyl (C=O) groups is 1. The predicted molar refractivity (Wildman–Crippen MR) is 96.8 cm³/mol. The molecule has 2 heterocycles. The van der Waals surface area contributed by atoms with Crippen LogP contribution >= 0.6 is 0 Å². The first-order chi connectivity index (χ1) is 12.0. The monoisotopic (exact) mass is 340 g/mol. The molecule has 1 aromatic rings. The fraction of sp³-hybridized carbons (Fsp3) is 0.250. The second-order valence-corrected chi connectivity index (χ2v) is 6.33. The first kappa shape index (κ1) is 17.2. The highest BCUT2D eigenvalue weighted by Gasteiger charge is 2.37. The molecule has 1 aromatic heterocycles. The number of hydrogen-bond donors (Lipinski definition) is 2. The number of allylic oxidation sites excluding steroid dienone is 6. The molecule has 1 atom stereocenters. The minimum atomic E-state index is -0.537. The van der Waals surface area contributed by atoms with Crippen molar-refractivity contribution in [3.63, 3.8) is 0 Å². The van der Waals surface area contributed by atoms with Gasteiger partial charge in [0.2, 0.25) is 0 Å². The van der Waals surface area contributed by atoms with Gasteiger partial charge in [0.25, 0.3) is 5.91 Å². The number of fused-ring (bicyclic) bond motifs is 1. The normalized spacial score (nSPS) is 21.5. The van der Waals surface area contributed by atoms with Crippen molar-refractivity contribution in [1.29, 1.82) is 0 Å². The van der Waals surface area contributed by atoms with E-state index < -0.39 is 5.54 Å². The zero-order valence-corrected chi connectivity index (χ0v) is 14.1. The lowest BCUT2D eigenvalue weighted by molar-refractivity contribution is -0.0439. The van der Waals surface area contributed by atoms with Crippen LogP contribution in [0.3, 0.4) is 0 Å². The summed E-state index contributed by atoms with van der Waals surface area (Å²) in [7, 11) is 0. The van der Waals surface area contributed by atoms with E-state index in [1.807, 2.05) is 31.2 Å². The molecule has 0 aromatic carbocycles. The molecular formula is C20H21FN2O2. The van der Waals surface area contributed by atoms with E-state index in [0.29, 0.717) is 29.5 Å². The summed E-state index contributed by atoms with van der Waals surface area (Å²) in [5.41, 5.74) is -0.204. The Balaban J connectivity index is 1.84. The summed E-state index contributed by atoms with van der Waals surface area (Å²) >= 11 is 0. The van der Waals surface area contributed by atoms with Gasteiger partial charge in [-0.2, -0.15) is 0 Å². The quantitative estimate of drug-likeness (QED) is 0.804. The summed E-state index contributed by atoms with van der Waals surface area (Å²) in [5, 5.41) is 4.01. The number of nitrogens with one attached hydrogen (secondary N) is 2. The third kappa shape index (κ3) is 3.72. The van der Waals surface area contributed by atoms with Crippen molar-refractivity contribution in [3.8, 4) is 0 Å². The highest BCUT2D eigenvalue weighted by atomic mass is 19.1. The zero-order chi connectivity index (χ0) is 17.9. The summed E-state index contributed by atoms with van der Waals surface area (Å²) in [4.78, 5) is 15.5. The average Bonchev–Trinajstić information content (AvgIpc) is 2.92. The van der Waals surface area contributed by atoms with Gasteiger partial charge in [-0.25, -0.2) is 4.39 Å². The third-order valence-electron chi connectivity index (χ3n) is 4.18. The van der Waals surface area contributed by atoms with E-state index in [4.69, 9.17) is 4.74 Å². The smallest absolute Gasteiger partial charge is 0.268 e.